The first-order valence-corrected chi connectivity index (χ1v) is 14.8. The van der Waals surface area contributed by atoms with E-state index in [0.717, 1.165) is 25.7 Å². The number of hydrogen-bond donors (Lipinski definition) is 3. The number of rotatable bonds is 6. The van der Waals surface area contributed by atoms with E-state index in [1.54, 1.807) is 10.9 Å². The number of benzene rings is 1. The summed E-state index contributed by atoms with van der Waals surface area (Å²) in [5.74, 6) is -0.524. The number of anilines is 1. The van der Waals surface area contributed by atoms with Gasteiger partial charge in [-0.2, -0.15) is 0 Å². The molecule has 3 aromatic rings. The standard InChI is InChI=1S/C29H35N7O6/c1-2-30-28(38)39-14-20-22-23(42-29(41-22)12-17-8-6-7-9-18(17)13-29)26(40-20)36-16-33-21-24(31-15-32-25(21)36)35-27(37)34-19-10-4-3-5-11-19/h6-9,15-16,19-20,22-23,26H,2-5,10-14H2,1H3,(H,30,38)(H2,31,32,34,35,37)/t20-,22?,23+,26-/m1/s1. The third kappa shape index (κ3) is 5.05. The third-order valence-electron chi connectivity index (χ3n) is 8.53. The van der Waals surface area contributed by atoms with Crippen molar-refractivity contribution in [3.8, 4) is 0 Å². The third-order valence-corrected chi connectivity index (χ3v) is 8.53. The lowest BCUT2D eigenvalue weighted by molar-refractivity contribution is -0.213. The van der Waals surface area contributed by atoms with Gasteiger partial charge in [0.1, 0.15) is 31.2 Å². The Kier molecular flexibility index (Phi) is 7.16. The Morgan fingerprint density at radius 3 is 2.57 bits per heavy atom. The molecule has 0 bridgehead atoms. The second-order valence-corrected chi connectivity index (χ2v) is 11.4. The summed E-state index contributed by atoms with van der Waals surface area (Å²) >= 11 is 0. The molecule has 2 aliphatic carbocycles. The van der Waals surface area contributed by atoms with Crippen LogP contribution in [0.5, 0.6) is 0 Å². The van der Waals surface area contributed by atoms with Crippen LogP contribution in [0.4, 0.5) is 15.4 Å². The average Bonchev–Trinajstić information content (AvgIpc) is 3.74. The van der Waals surface area contributed by atoms with E-state index in [4.69, 9.17) is 18.9 Å². The SMILES string of the molecule is CCNC(=O)OC[C@H]1O[C@@H](n2cnc3c(NC(=O)NC4CCCCC4)ncnc32)[C@H]2OC3(Cc4ccccc4C3)OC12. The summed E-state index contributed by atoms with van der Waals surface area (Å²) in [7, 11) is 0. The van der Waals surface area contributed by atoms with Gasteiger partial charge in [0, 0.05) is 25.4 Å². The fourth-order valence-electron chi connectivity index (χ4n) is 6.63. The van der Waals surface area contributed by atoms with Crippen LogP contribution in [0, 0.1) is 0 Å². The molecule has 3 fully saturated rings. The number of urea groups is 1. The van der Waals surface area contributed by atoms with Crippen molar-refractivity contribution in [3.63, 3.8) is 0 Å². The number of alkyl carbamates (subject to hydrolysis) is 1. The quantitative estimate of drug-likeness (QED) is 0.401. The first kappa shape index (κ1) is 27.0. The zero-order chi connectivity index (χ0) is 28.7. The van der Waals surface area contributed by atoms with E-state index in [-0.39, 0.29) is 18.7 Å². The molecule has 3 N–H and O–H groups in total. The van der Waals surface area contributed by atoms with E-state index in [0.29, 0.717) is 36.4 Å². The van der Waals surface area contributed by atoms with Gasteiger partial charge in [0.15, 0.2) is 29.0 Å². The van der Waals surface area contributed by atoms with Gasteiger partial charge in [0.25, 0.3) is 0 Å². The summed E-state index contributed by atoms with van der Waals surface area (Å²) in [6.45, 7) is 2.27. The predicted octanol–water partition coefficient (Wildman–Crippen LogP) is 3.20. The van der Waals surface area contributed by atoms with Gasteiger partial charge < -0.3 is 29.6 Å². The molecular weight excluding hydrogens is 542 g/mol. The van der Waals surface area contributed by atoms with Gasteiger partial charge in [0.2, 0.25) is 0 Å². The largest absolute Gasteiger partial charge is 0.447 e. The lowest BCUT2D eigenvalue weighted by Crippen LogP contribution is -2.39. The number of imidazole rings is 1. The van der Waals surface area contributed by atoms with Crippen LogP contribution in [0.25, 0.3) is 11.2 Å². The highest BCUT2D eigenvalue weighted by atomic mass is 16.8. The first-order valence-electron chi connectivity index (χ1n) is 14.8. The smallest absolute Gasteiger partial charge is 0.407 e. The molecule has 3 amide bonds. The molecule has 0 radical (unpaired) electrons. The van der Waals surface area contributed by atoms with Crippen molar-refractivity contribution in [1.82, 2.24) is 30.2 Å². The summed E-state index contributed by atoms with van der Waals surface area (Å²) in [6.07, 6.45) is 6.85. The fraction of sp³-hybridized carbons (Fsp3) is 0.552. The molecule has 4 atom stereocenters. The number of ether oxygens (including phenoxy) is 4. The Hall–Kier alpha value is -3.81. The molecule has 2 aliphatic heterocycles. The monoisotopic (exact) mass is 577 g/mol. The zero-order valence-electron chi connectivity index (χ0n) is 23.5. The van der Waals surface area contributed by atoms with Crippen molar-refractivity contribution in [2.75, 3.05) is 18.5 Å². The number of amides is 3. The van der Waals surface area contributed by atoms with Gasteiger partial charge in [-0.05, 0) is 30.9 Å². The molecular formula is C29H35N7O6. The molecule has 13 nitrogen and oxygen atoms in total. The Morgan fingerprint density at radius 1 is 1.05 bits per heavy atom. The maximum absolute atomic E-state index is 12.8. The number of fused-ring (bicyclic) bond motifs is 3. The Labute approximate surface area is 242 Å². The fourth-order valence-corrected chi connectivity index (χ4v) is 6.63. The molecule has 13 heteroatoms. The number of carbonyl (C=O) groups excluding carboxylic acids is 2. The molecule has 1 spiro atoms. The Morgan fingerprint density at radius 2 is 1.81 bits per heavy atom. The normalized spacial score (nSPS) is 26.2. The van der Waals surface area contributed by atoms with Crippen molar-refractivity contribution in [2.24, 2.45) is 0 Å². The average molecular weight is 578 g/mol. The van der Waals surface area contributed by atoms with Gasteiger partial charge in [-0.25, -0.2) is 24.5 Å². The van der Waals surface area contributed by atoms with Crippen LogP contribution in [-0.2, 0) is 31.8 Å². The Balaban J connectivity index is 1.14. The van der Waals surface area contributed by atoms with Crippen LogP contribution >= 0.6 is 0 Å². The Bertz CT molecular complexity index is 1450. The lowest BCUT2D eigenvalue weighted by atomic mass is 9.96. The molecule has 4 heterocycles. The molecule has 1 saturated carbocycles. The van der Waals surface area contributed by atoms with E-state index < -0.39 is 36.4 Å². The summed E-state index contributed by atoms with van der Waals surface area (Å²) in [5, 5.41) is 8.53. The van der Waals surface area contributed by atoms with E-state index in [2.05, 4.69) is 43.0 Å². The molecule has 7 rings (SSSR count). The number of hydrogen-bond acceptors (Lipinski definition) is 9. The molecule has 42 heavy (non-hydrogen) atoms. The van der Waals surface area contributed by atoms with Gasteiger partial charge in [0.05, 0.1) is 6.33 Å². The van der Waals surface area contributed by atoms with Crippen molar-refractivity contribution in [3.05, 3.63) is 48.0 Å². The van der Waals surface area contributed by atoms with Crippen molar-refractivity contribution >= 4 is 29.1 Å². The summed E-state index contributed by atoms with van der Waals surface area (Å²) in [4.78, 5) is 38.2. The molecule has 222 valence electrons. The van der Waals surface area contributed by atoms with Gasteiger partial charge in [-0.15, -0.1) is 0 Å². The van der Waals surface area contributed by atoms with Crippen LogP contribution in [0.15, 0.2) is 36.9 Å². The minimum absolute atomic E-state index is 0.00829. The van der Waals surface area contributed by atoms with E-state index in [1.165, 1.54) is 23.9 Å². The van der Waals surface area contributed by atoms with E-state index in [9.17, 15) is 9.59 Å². The molecule has 2 aromatic heterocycles. The van der Waals surface area contributed by atoms with Crippen molar-refractivity contribution in [1.29, 1.82) is 0 Å². The minimum atomic E-state index is -0.833. The van der Waals surface area contributed by atoms with Gasteiger partial charge in [-0.1, -0.05) is 43.5 Å². The summed E-state index contributed by atoms with van der Waals surface area (Å²) < 4.78 is 27.0. The highest BCUT2D eigenvalue weighted by Crippen LogP contribution is 2.49. The second-order valence-electron chi connectivity index (χ2n) is 11.4. The van der Waals surface area contributed by atoms with Crippen molar-refractivity contribution < 1.29 is 28.5 Å². The van der Waals surface area contributed by atoms with Gasteiger partial charge >= 0.3 is 12.1 Å². The summed E-state index contributed by atoms with van der Waals surface area (Å²) in [6, 6.07) is 8.06. The maximum atomic E-state index is 12.8. The lowest BCUT2D eigenvalue weighted by Gasteiger charge is -2.27. The highest BCUT2D eigenvalue weighted by molar-refractivity contribution is 5.96. The van der Waals surface area contributed by atoms with Crippen LogP contribution in [-0.4, -0.2) is 74.9 Å². The molecule has 2 saturated heterocycles. The molecule has 1 unspecified atom stereocenters. The van der Waals surface area contributed by atoms with E-state index in [1.807, 2.05) is 19.1 Å². The number of carbonyl (C=O) groups is 2. The molecule has 4 aliphatic rings. The zero-order valence-corrected chi connectivity index (χ0v) is 23.5. The number of aromatic nitrogens is 4. The minimum Gasteiger partial charge on any atom is -0.447 e. The van der Waals surface area contributed by atoms with Crippen LogP contribution in [0.2, 0.25) is 0 Å². The van der Waals surface area contributed by atoms with Crippen LogP contribution < -0.4 is 16.0 Å². The topological polar surface area (TPSA) is 151 Å². The van der Waals surface area contributed by atoms with Gasteiger partial charge in [-0.3, -0.25) is 9.88 Å². The highest BCUT2D eigenvalue weighted by Gasteiger charge is 2.60. The van der Waals surface area contributed by atoms with Crippen LogP contribution in [0.3, 0.4) is 0 Å². The van der Waals surface area contributed by atoms with Crippen LogP contribution in [0.1, 0.15) is 56.4 Å². The number of nitrogens with zero attached hydrogens (tertiary/aromatic N) is 4. The molecule has 1 aromatic carbocycles. The first-order chi connectivity index (χ1) is 20.5. The number of nitrogens with one attached hydrogen (secondary N) is 3. The summed E-state index contributed by atoms with van der Waals surface area (Å²) in [5.41, 5.74) is 3.29. The predicted molar refractivity (Wildman–Crippen MR) is 150 cm³/mol. The van der Waals surface area contributed by atoms with E-state index >= 15 is 0 Å². The maximum Gasteiger partial charge on any atom is 0.407 e. The second kappa shape index (κ2) is 11.1. The van der Waals surface area contributed by atoms with Crippen molar-refractivity contribution in [2.45, 2.75) is 88.2 Å².